The number of rotatable bonds is 3. The monoisotopic (exact) mass is 370 g/mol. The Labute approximate surface area is 163 Å². The lowest BCUT2D eigenvalue weighted by molar-refractivity contribution is 0.177. The predicted molar refractivity (Wildman–Crippen MR) is 106 cm³/mol. The maximum Gasteiger partial charge on any atom is 0.407 e. The van der Waals surface area contributed by atoms with Crippen molar-refractivity contribution in [2.45, 2.75) is 6.04 Å². The van der Waals surface area contributed by atoms with Gasteiger partial charge in [0.1, 0.15) is 12.4 Å². The highest BCUT2D eigenvalue weighted by atomic mass is 16.6. The first-order valence-electron chi connectivity index (χ1n) is 8.86. The second-order valence-electron chi connectivity index (χ2n) is 6.31. The van der Waals surface area contributed by atoms with Gasteiger partial charge in [-0.25, -0.2) is 4.79 Å². The smallest absolute Gasteiger partial charge is 0.407 e. The van der Waals surface area contributed by atoms with Crippen molar-refractivity contribution in [3.8, 4) is 28.7 Å². The molecule has 1 unspecified atom stereocenters. The molecule has 0 saturated carbocycles. The molecule has 3 aromatic rings. The van der Waals surface area contributed by atoms with Crippen molar-refractivity contribution in [2.24, 2.45) is 0 Å². The molecule has 2 aromatic carbocycles. The van der Waals surface area contributed by atoms with Gasteiger partial charge in [-0.15, -0.1) is 0 Å². The van der Waals surface area contributed by atoms with Gasteiger partial charge >= 0.3 is 6.09 Å². The highest BCUT2D eigenvalue weighted by Gasteiger charge is 2.26. The number of cyclic esters (lactones) is 1. The molecule has 28 heavy (non-hydrogen) atoms. The van der Waals surface area contributed by atoms with Gasteiger partial charge in [-0.1, -0.05) is 30.0 Å². The molecule has 0 radical (unpaired) electrons. The van der Waals surface area contributed by atoms with E-state index in [0.29, 0.717) is 6.61 Å². The second kappa shape index (κ2) is 7.85. The predicted octanol–water partition coefficient (Wildman–Crippen LogP) is 3.94. The van der Waals surface area contributed by atoms with E-state index in [9.17, 15) is 4.79 Å². The number of nitrogens with one attached hydrogen (secondary N) is 1. The van der Waals surface area contributed by atoms with Crippen molar-refractivity contribution in [2.75, 3.05) is 13.7 Å². The van der Waals surface area contributed by atoms with Gasteiger partial charge in [-0.05, 0) is 53.1 Å². The third-order valence-electron chi connectivity index (χ3n) is 4.53. The van der Waals surface area contributed by atoms with E-state index in [1.54, 1.807) is 19.5 Å². The van der Waals surface area contributed by atoms with E-state index >= 15 is 0 Å². The third kappa shape index (κ3) is 3.81. The highest BCUT2D eigenvalue weighted by Crippen LogP contribution is 2.32. The summed E-state index contributed by atoms with van der Waals surface area (Å²) in [7, 11) is 1.64. The van der Waals surface area contributed by atoms with Crippen molar-refractivity contribution in [1.29, 1.82) is 0 Å². The van der Waals surface area contributed by atoms with Crippen LogP contribution in [0.3, 0.4) is 0 Å². The van der Waals surface area contributed by atoms with Gasteiger partial charge in [-0.3, -0.25) is 4.98 Å². The topological polar surface area (TPSA) is 60.5 Å². The molecule has 1 amide bonds. The Balaban J connectivity index is 1.73. The van der Waals surface area contributed by atoms with Crippen LogP contribution in [0.15, 0.2) is 67.0 Å². The summed E-state index contributed by atoms with van der Waals surface area (Å²) >= 11 is 0. The Morgan fingerprint density at radius 1 is 1.04 bits per heavy atom. The molecule has 1 atom stereocenters. The maximum atomic E-state index is 11.6. The molecule has 1 N–H and O–H groups in total. The summed E-state index contributed by atoms with van der Waals surface area (Å²) in [5.74, 6) is 7.11. The average molecular weight is 370 g/mol. The molecular formula is C23H18N2O3. The first kappa shape index (κ1) is 17.6. The van der Waals surface area contributed by atoms with Crippen molar-refractivity contribution in [3.63, 3.8) is 0 Å². The standard InChI is InChI=1S/C23H18N2O3/c1-27-19-7-5-18(6-8-19)20-9-4-17(3-2-16-10-12-24-13-11-16)14-21(20)22-15-28-23(26)25-22/h4-14,22H,15H2,1H3,(H,25,26). The van der Waals surface area contributed by atoms with E-state index in [1.807, 2.05) is 54.6 Å². The van der Waals surface area contributed by atoms with Crippen LogP contribution in [0, 0.1) is 11.8 Å². The fourth-order valence-corrected chi connectivity index (χ4v) is 3.09. The highest BCUT2D eigenvalue weighted by molar-refractivity contribution is 5.74. The first-order valence-corrected chi connectivity index (χ1v) is 8.86. The number of nitrogens with zero attached hydrogens (tertiary/aromatic N) is 1. The SMILES string of the molecule is COc1ccc(-c2ccc(C#Cc3ccncc3)cc2C2COC(=O)N2)cc1. The molecule has 4 rings (SSSR count). The molecule has 0 bridgehead atoms. The van der Waals surface area contributed by atoms with Gasteiger partial charge < -0.3 is 14.8 Å². The number of ether oxygens (including phenoxy) is 2. The number of alkyl carbamates (subject to hydrolysis) is 1. The molecule has 1 aliphatic heterocycles. The molecule has 2 heterocycles. The lowest BCUT2D eigenvalue weighted by atomic mass is 9.93. The maximum absolute atomic E-state index is 11.6. The Kier molecular flexibility index (Phi) is 4.94. The molecule has 0 aliphatic carbocycles. The Morgan fingerprint density at radius 3 is 2.46 bits per heavy atom. The van der Waals surface area contributed by atoms with E-state index in [4.69, 9.17) is 9.47 Å². The molecule has 1 fully saturated rings. The fraction of sp³-hybridized carbons (Fsp3) is 0.130. The van der Waals surface area contributed by atoms with Crippen molar-refractivity contribution in [1.82, 2.24) is 10.3 Å². The fourth-order valence-electron chi connectivity index (χ4n) is 3.09. The number of methoxy groups -OCH3 is 1. The van der Waals surface area contributed by atoms with E-state index in [-0.39, 0.29) is 6.04 Å². The summed E-state index contributed by atoms with van der Waals surface area (Å²) in [5, 5.41) is 2.86. The minimum Gasteiger partial charge on any atom is -0.497 e. The van der Waals surface area contributed by atoms with Crippen LogP contribution in [-0.2, 0) is 4.74 Å². The second-order valence-corrected chi connectivity index (χ2v) is 6.31. The third-order valence-corrected chi connectivity index (χ3v) is 4.53. The summed E-state index contributed by atoms with van der Waals surface area (Å²) in [5.41, 5.74) is 4.79. The molecule has 5 heteroatoms. The number of benzene rings is 2. The molecular weight excluding hydrogens is 352 g/mol. The van der Waals surface area contributed by atoms with Gasteiger partial charge in [0.25, 0.3) is 0 Å². The minimum atomic E-state index is -0.404. The quantitative estimate of drug-likeness (QED) is 0.710. The molecule has 138 valence electrons. The van der Waals surface area contributed by atoms with E-state index in [2.05, 4.69) is 22.1 Å². The van der Waals surface area contributed by atoms with Crippen molar-refractivity contribution in [3.05, 3.63) is 83.7 Å². The van der Waals surface area contributed by atoms with Crippen LogP contribution in [0.4, 0.5) is 4.79 Å². The Hall–Kier alpha value is -3.78. The molecule has 1 aliphatic rings. The number of hydrogen-bond acceptors (Lipinski definition) is 4. The minimum absolute atomic E-state index is 0.215. The first-order chi connectivity index (χ1) is 13.7. The van der Waals surface area contributed by atoms with Crippen LogP contribution in [0.2, 0.25) is 0 Å². The van der Waals surface area contributed by atoms with E-state index in [1.165, 1.54) is 0 Å². The van der Waals surface area contributed by atoms with Crippen LogP contribution < -0.4 is 10.1 Å². The number of pyridine rings is 1. The summed E-state index contributed by atoms with van der Waals surface area (Å²) < 4.78 is 10.3. The van der Waals surface area contributed by atoms with Crippen LogP contribution in [0.5, 0.6) is 5.75 Å². The zero-order valence-corrected chi connectivity index (χ0v) is 15.3. The number of amides is 1. The zero-order valence-electron chi connectivity index (χ0n) is 15.3. The lowest BCUT2D eigenvalue weighted by Gasteiger charge is -2.15. The zero-order chi connectivity index (χ0) is 19.3. The van der Waals surface area contributed by atoms with Gasteiger partial charge in [0, 0.05) is 23.5 Å². The van der Waals surface area contributed by atoms with Gasteiger partial charge in [0.15, 0.2) is 0 Å². The van der Waals surface area contributed by atoms with Gasteiger partial charge in [0.2, 0.25) is 0 Å². The molecule has 1 aromatic heterocycles. The average Bonchev–Trinajstić information content (AvgIpc) is 3.19. The Morgan fingerprint density at radius 2 is 1.79 bits per heavy atom. The summed E-state index contributed by atoms with van der Waals surface area (Å²) in [6.07, 6.45) is 3.03. The largest absolute Gasteiger partial charge is 0.497 e. The summed E-state index contributed by atoms with van der Waals surface area (Å²) in [6.45, 7) is 0.295. The van der Waals surface area contributed by atoms with Gasteiger partial charge in [0.05, 0.1) is 13.2 Å². The van der Waals surface area contributed by atoms with Crippen molar-refractivity contribution < 1.29 is 14.3 Å². The van der Waals surface area contributed by atoms with E-state index < -0.39 is 6.09 Å². The lowest BCUT2D eigenvalue weighted by Crippen LogP contribution is -2.19. The number of carbonyl (C=O) groups excluding carboxylic acids is 1. The van der Waals surface area contributed by atoms with E-state index in [0.717, 1.165) is 33.6 Å². The molecule has 1 saturated heterocycles. The number of carbonyl (C=O) groups is 1. The Bertz CT molecular complexity index is 1050. The summed E-state index contributed by atoms with van der Waals surface area (Å²) in [6, 6.07) is 17.4. The van der Waals surface area contributed by atoms with Crippen LogP contribution in [0.1, 0.15) is 22.7 Å². The van der Waals surface area contributed by atoms with Crippen molar-refractivity contribution >= 4 is 6.09 Å². The number of hydrogen-bond donors (Lipinski definition) is 1. The molecule has 5 nitrogen and oxygen atoms in total. The van der Waals surface area contributed by atoms with Gasteiger partial charge in [-0.2, -0.15) is 0 Å². The normalized spacial score (nSPS) is 15.2. The van der Waals surface area contributed by atoms with Crippen LogP contribution >= 0.6 is 0 Å². The van der Waals surface area contributed by atoms with Crippen LogP contribution in [0.25, 0.3) is 11.1 Å². The number of aromatic nitrogens is 1. The summed E-state index contributed by atoms with van der Waals surface area (Å²) in [4.78, 5) is 15.6. The molecule has 0 spiro atoms. The van der Waals surface area contributed by atoms with Crippen LogP contribution in [-0.4, -0.2) is 24.8 Å².